The smallest absolute Gasteiger partial charge is 0.271 e. The van der Waals surface area contributed by atoms with Crippen LogP contribution in [0.1, 0.15) is 69.6 Å². The van der Waals surface area contributed by atoms with Crippen molar-refractivity contribution in [3.05, 3.63) is 17.5 Å². The van der Waals surface area contributed by atoms with Gasteiger partial charge in [0.2, 0.25) is 0 Å². The van der Waals surface area contributed by atoms with Gasteiger partial charge in [-0.25, -0.2) is 0 Å². The molecule has 22 heavy (non-hydrogen) atoms. The molecule has 1 saturated carbocycles. The molecule has 0 unspecified atom stereocenters. The van der Waals surface area contributed by atoms with Crippen molar-refractivity contribution < 1.29 is 4.79 Å². The van der Waals surface area contributed by atoms with Crippen LogP contribution in [0, 0.1) is 0 Å². The minimum absolute atomic E-state index is 0. The number of hydrogen-bond acceptors (Lipinski definition) is 3. The van der Waals surface area contributed by atoms with Crippen molar-refractivity contribution >= 4 is 18.3 Å². The number of hydrogen-bond donors (Lipinski definition) is 2. The van der Waals surface area contributed by atoms with Crippen molar-refractivity contribution in [1.82, 2.24) is 20.4 Å². The number of halogens is 1. The van der Waals surface area contributed by atoms with Gasteiger partial charge in [-0.15, -0.1) is 12.4 Å². The van der Waals surface area contributed by atoms with E-state index in [1.54, 1.807) is 0 Å². The molecule has 2 rings (SSSR count). The molecule has 5 nitrogen and oxygen atoms in total. The SMILES string of the molecule is CCN[C@H](C)CNC(=O)c1cc(C2CC2)n(C(C)(C)C)n1.Cl. The van der Waals surface area contributed by atoms with Crippen LogP contribution in [0.15, 0.2) is 6.07 Å². The molecule has 1 aliphatic carbocycles. The van der Waals surface area contributed by atoms with Gasteiger partial charge in [0.1, 0.15) is 5.69 Å². The first-order valence-electron chi connectivity index (χ1n) is 7.95. The number of carbonyl (C=O) groups is 1. The molecule has 1 heterocycles. The van der Waals surface area contributed by atoms with Crippen LogP contribution in [0.25, 0.3) is 0 Å². The van der Waals surface area contributed by atoms with Gasteiger partial charge in [0, 0.05) is 24.2 Å². The first-order chi connectivity index (χ1) is 9.82. The Morgan fingerprint density at radius 1 is 1.45 bits per heavy atom. The third kappa shape index (κ3) is 4.71. The summed E-state index contributed by atoms with van der Waals surface area (Å²) in [5.74, 6) is 0.503. The van der Waals surface area contributed by atoms with Crippen molar-refractivity contribution in [1.29, 1.82) is 0 Å². The zero-order valence-electron chi connectivity index (χ0n) is 14.3. The normalized spacial score (nSPS) is 16.0. The van der Waals surface area contributed by atoms with Crippen LogP contribution >= 0.6 is 12.4 Å². The standard InChI is InChI=1S/C16H28N4O.ClH/c1-6-17-11(2)10-18-15(21)13-9-14(12-7-8-12)20(19-13)16(3,4)5;/h9,11-12,17H,6-8,10H2,1-5H3,(H,18,21);1H/t11-;/m1./s1. The summed E-state index contributed by atoms with van der Waals surface area (Å²) in [4.78, 5) is 12.3. The molecule has 1 amide bonds. The molecule has 1 aromatic heterocycles. The Morgan fingerprint density at radius 2 is 2.09 bits per heavy atom. The van der Waals surface area contributed by atoms with Gasteiger partial charge in [-0.05, 0) is 53.1 Å². The lowest BCUT2D eigenvalue weighted by molar-refractivity contribution is 0.0943. The molecule has 0 radical (unpaired) electrons. The highest BCUT2D eigenvalue weighted by Gasteiger charge is 2.32. The molecule has 0 saturated heterocycles. The highest BCUT2D eigenvalue weighted by molar-refractivity contribution is 5.92. The Morgan fingerprint density at radius 3 is 2.59 bits per heavy atom. The van der Waals surface area contributed by atoms with Gasteiger partial charge < -0.3 is 10.6 Å². The fraction of sp³-hybridized carbons (Fsp3) is 0.750. The quantitative estimate of drug-likeness (QED) is 0.844. The summed E-state index contributed by atoms with van der Waals surface area (Å²) in [6, 6.07) is 2.24. The average molecular weight is 329 g/mol. The molecule has 1 fully saturated rings. The molecule has 0 aliphatic heterocycles. The third-order valence-corrected chi connectivity index (χ3v) is 3.72. The minimum Gasteiger partial charge on any atom is -0.349 e. The number of amides is 1. The van der Waals surface area contributed by atoms with E-state index in [1.807, 2.05) is 10.7 Å². The number of nitrogens with one attached hydrogen (secondary N) is 2. The second-order valence-corrected chi connectivity index (χ2v) is 6.98. The van der Waals surface area contributed by atoms with Gasteiger partial charge in [-0.2, -0.15) is 5.10 Å². The number of aromatic nitrogens is 2. The number of likely N-dealkylation sites (N-methyl/N-ethyl adjacent to an activating group) is 1. The molecule has 1 aromatic rings. The second kappa shape index (κ2) is 7.47. The predicted octanol–water partition coefficient (Wildman–Crippen LogP) is 2.67. The summed E-state index contributed by atoms with van der Waals surface area (Å²) in [5.41, 5.74) is 1.65. The largest absolute Gasteiger partial charge is 0.349 e. The van der Waals surface area contributed by atoms with Crippen molar-refractivity contribution in [2.75, 3.05) is 13.1 Å². The van der Waals surface area contributed by atoms with Crippen LogP contribution in [0.3, 0.4) is 0 Å². The van der Waals surface area contributed by atoms with Gasteiger partial charge in [0.25, 0.3) is 5.91 Å². The summed E-state index contributed by atoms with van der Waals surface area (Å²) >= 11 is 0. The lowest BCUT2D eigenvalue weighted by Gasteiger charge is -2.22. The minimum atomic E-state index is -0.0898. The van der Waals surface area contributed by atoms with E-state index >= 15 is 0 Å². The summed E-state index contributed by atoms with van der Waals surface area (Å²) in [6.45, 7) is 12.0. The van der Waals surface area contributed by atoms with Gasteiger partial charge in [-0.3, -0.25) is 9.48 Å². The van der Waals surface area contributed by atoms with E-state index in [0.717, 1.165) is 6.54 Å². The van der Waals surface area contributed by atoms with E-state index in [4.69, 9.17) is 0 Å². The van der Waals surface area contributed by atoms with E-state index in [0.29, 0.717) is 18.2 Å². The van der Waals surface area contributed by atoms with E-state index in [2.05, 4.69) is 50.4 Å². The Hall–Kier alpha value is -1.07. The molecular weight excluding hydrogens is 300 g/mol. The molecule has 0 aromatic carbocycles. The molecule has 0 spiro atoms. The van der Waals surface area contributed by atoms with Crippen molar-refractivity contribution in [3.8, 4) is 0 Å². The molecule has 126 valence electrons. The van der Waals surface area contributed by atoms with E-state index in [-0.39, 0.29) is 29.9 Å². The number of rotatable bonds is 6. The summed E-state index contributed by atoms with van der Waals surface area (Å²) in [6.07, 6.45) is 2.42. The number of nitrogens with zero attached hydrogens (tertiary/aromatic N) is 2. The summed E-state index contributed by atoms with van der Waals surface area (Å²) in [5, 5.41) is 10.8. The average Bonchev–Trinajstić information content (AvgIpc) is 3.13. The van der Waals surface area contributed by atoms with E-state index in [1.165, 1.54) is 18.5 Å². The van der Waals surface area contributed by atoms with Crippen molar-refractivity contribution in [2.45, 2.75) is 65.0 Å². The highest BCUT2D eigenvalue weighted by atomic mass is 35.5. The Kier molecular flexibility index (Phi) is 6.44. The maximum Gasteiger partial charge on any atom is 0.271 e. The van der Waals surface area contributed by atoms with Gasteiger partial charge in [0.05, 0.1) is 5.54 Å². The van der Waals surface area contributed by atoms with E-state index in [9.17, 15) is 4.79 Å². The van der Waals surface area contributed by atoms with Crippen LogP contribution in [0.4, 0.5) is 0 Å². The van der Waals surface area contributed by atoms with Crippen LogP contribution in [0.2, 0.25) is 0 Å². The van der Waals surface area contributed by atoms with E-state index < -0.39 is 0 Å². The zero-order chi connectivity index (χ0) is 15.6. The predicted molar refractivity (Wildman–Crippen MR) is 91.9 cm³/mol. The molecular formula is C16H29ClN4O. The highest BCUT2D eigenvalue weighted by Crippen LogP contribution is 2.41. The monoisotopic (exact) mass is 328 g/mol. The lowest BCUT2D eigenvalue weighted by atomic mass is 10.1. The van der Waals surface area contributed by atoms with Crippen molar-refractivity contribution in [2.24, 2.45) is 0 Å². The summed E-state index contributed by atoms with van der Waals surface area (Å²) in [7, 11) is 0. The topological polar surface area (TPSA) is 58.9 Å². The molecule has 1 atom stereocenters. The lowest BCUT2D eigenvalue weighted by Crippen LogP contribution is -2.39. The zero-order valence-corrected chi connectivity index (χ0v) is 15.1. The van der Waals surface area contributed by atoms with Gasteiger partial charge in [-0.1, -0.05) is 6.92 Å². The summed E-state index contributed by atoms with van der Waals surface area (Å²) < 4.78 is 2.02. The van der Waals surface area contributed by atoms with Gasteiger partial charge in [0.15, 0.2) is 0 Å². The van der Waals surface area contributed by atoms with Crippen LogP contribution in [-0.2, 0) is 5.54 Å². The fourth-order valence-electron chi connectivity index (χ4n) is 2.47. The first-order valence-corrected chi connectivity index (χ1v) is 7.95. The molecule has 0 bridgehead atoms. The van der Waals surface area contributed by atoms with Crippen LogP contribution < -0.4 is 10.6 Å². The first kappa shape index (κ1) is 19.0. The Bertz CT molecular complexity index is 503. The van der Waals surface area contributed by atoms with Gasteiger partial charge >= 0.3 is 0 Å². The fourth-order valence-corrected chi connectivity index (χ4v) is 2.47. The molecule has 1 aliphatic rings. The van der Waals surface area contributed by atoms with Crippen LogP contribution in [-0.4, -0.2) is 34.8 Å². The molecule has 6 heteroatoms. The number of carbonyl (C=O) groups excluding carboxylic acids is 1. The maximum atomic E-state index is 12.3. The Balaban J connectivity index is 0.00000242. The van der Waals surface area contributed by atoms with Crippen molar-refractivity contribution in [3.63, 3.8) is 0 Å². The van der Waals surface area contributed by atoms with Crippen LogP contribution in [0.5, 0.6) is 0 Å². The Labute approximate surface area is 139 Å². The maximum absolute atomic E-state index is 12.3. The third-order valence-electron chi connectivity index (χ3n) is 3.72. The second-order valence-electron chi connectivity index (χ2n) is 6.98. The molecule has 2 N–H and O–H groups in total.